The van der Waals surface area contributed by atoms with Crippen LogP contribution in [0.15, 0.2) is 12.1 Å². The maximum atomic E-state index is 13.5. The molecule has 4 heteroatoms. The standard InChI is InChI=1S/C12H17ClFNS/c1-8-6-10(13)9(7-11(8)14)12(15-2)4-5-16-3/h6-7,12,15H,4-5H2,1-3H3. The van der Waals surface area contributed by atoms with Gasteiger partial charge in [0.05, 0.1) is 0 Å². The Morgan fingerprint density at radius 2 is 2.19 bits per heavy atom. The summed E-state index contributed by atoms with van der Waals surface area (Å²) in [6, 6.07) is 3.35. The third-order valence-corrected chi connectivity index (χ3v) is 3.58. The molecule has 0 amide bonds. The van der Waals surface area contributed by atoms with Crippen molar-refractivity contribution in [2.24, 2.45) is 0 Å². The molecule has 0 bridgehead atoms. The fourth-order valence-corrected chi connectivity index (χ4v) is 2.44. The van der Waals surface area contributed by atoms with Crippen molar-refractivity contribution in [3.63, 3.8) is 0 Å². The van der Waals surface area contributed by atoms with Gasteiger partial charge < -0.3 is 5.32 Å². The third-order valence-electron chi connectivity index (χ3n) is 2.61. The van der Waals surface area contributed by atoms with E-state index in [4.69, 9.17) is 11.6 Å². The first-order valence-electron chi connectivity index (χ1n) is 5.22. The maximum Gasteiger partial charge on any atom is 0.126 e. The van der Waals surface area contributed by atoms with Gasteiger partial charge in [0.1, 0.15) is 5.82 Å². The summed E-state index contributed by atoms with van der Waals surface area (Å²) in [6.45, 7) is 1.72. The van der Waals surface area contributed by atoms with Crippen LogP contribution in [-0.4, -0.2) is 19.1 Å². The molecule has 16 heavy (non-hydrogen) atoms. The molecule has 0 aromatic heterocycles. The smallest absolute Gasteiger partial charge is 0.126 e. The number of benzene rings is 1. The second-order valence-electron chi connectivity index (χ2n) is 3.75. The van der Waals surface area contributed by atoms with E-state index in [0.29, 0.717) is 10.6 Å². The molecule has 0 aliphatic carbocycles. The first-order valence-corrected chi connectivity index (χ1v) is 6.99. The molecule has 1 unspecified atom stereocenters. The van der Waals surface area contributed by atoms with Crippen LogP contribution in [0.3, 0.4) is 0 Å². The lowest BCUT2D eigenvalue weighted by Crippen LogP contribution is -2.18. The highest BCUT2D eigenvalue weighted by molar-refractivity contribution is 7.98. The molecular formula is C12H17ClFNS. The fourth-order valence-electron chi connectivity index (χ4n) is 1.62. The van der Waals surface area contributed by atoms with Crippen molar-refractivity contribution >= 4 is 23.4 Å². The Kier molecular flexibility index (Phi) is 5.59. The van der Waals surface area contributed by atoms with E-state index < -0.39 is 0 Å². The number of nitrogens with one attached hydrogen (secondary N) is 1. The predicted molar refractivity (Wildman–Crippen MR) is 70.9 cm³/mol. The molecule has 1 aromatic carbocycles. The highest BCUT2D eigenvalue weighted by Crippen LogP contribution is 2.28. The van der Waals surface area contributed by atoms with Gasteiger partial charge in [0, 0.05) is 11.1 Å². The van der Waals surface area contributed by atoms with Crippen molar-refractivity contribution in [2.75, 3.05) is 19.1 Å². The van der Waals surface area contributed by atoms with Gasteiger partial charge in [0.15, 0.2) is 0 Å². The maximum absolute atomic E-state index is 13.5. The van der Waals surface area contributed by atoms with E-state index in [0.717, 1.165) is 17.7 Å². The Balaban J connectivity index is 2.95. The van der Waals surface area contributed by atoms with Crippen molar-refractivity contribution < 1.29 is 4.39 Å². The second kappa shape index (κ2) is 6.48. The monoisotopic (exact) mass is 261 g/mol. The van der Waals surface area contributed by atoms with Crippen molar-refractivity contribution in [3.05, 3.63) is 34.1 Å². The average Bonchev–Trinajstić information content (AvgIpc) is 2.26. The van der Waals surface area contributed by atoms with Crippen LogP contribution in [0, 0.1) is 12.7 Å². The van der Waals surface area contributed by atoms with E-state index in [-0.39, 0.29) is 11.9 Å². The van der Waals surface area contributed by atoms with Crippen LogP contribution < -0.4 is 5.32 Å². The molecule has 1 N–H and O–H groups in total. The molecule has 1 nitrogen and oxygen atoms in total. The summed E-state index contributed by atoms with van der Waals surface area (Å²) in [5.74, 6) is 0.834. The van der Waals surface area contributed by atoms with E-state index >= 15 is 0 Å². The van der Waals surface area contributed by atoms with Gasteiger partial charge in [-0.15, -0.1) is 0 Å². The highest BCUT2D eigenvalue weighted by atomic mass is 35.5. The van der Waals surface area contributed by atoms with Gasteiger partial charge in [-0.2, -0.15) is 11.8 Å². The molecule has 0 aliphatic rings. The summed E-state index contributed by atoms with van der Waals surface area (Å²) in [6.07, 6.45) is 3.00. The Hall–Kier alpha value is -0.250. The summed E-state index contributed by atoms with van der Waals surface area (Å²) < 4.78 is 13.5. The normalized spacial score (nSPS) is 12.8. The van der Waals surface area contributed by atoms with E-state index in [2.05, 4.69) is 11.6 Å². The van der Waals surface area contributed by atoms with Gasteiger partial charge in [-0.3, -0.25) is 0 Å². The quantitative estimate of drug-likeness (QED) is 0.865. The number of hydrogen-bond acceptors (Lipinski definition) is 2. The highest BCUT2D eigenvalue weighted by Gasteiger charge is 2.14. The molecule has 1 atom stereocenters. The molecule has 1 aromatic rings. The number of rotatable bonds is 5. The van der Waals surface area contributed by atoms with Gasteiger partial charge in [-0.25, -0.2) is 4.39 Å². The lowest BCUT2D eigenvalue weighted by Gasteiger charge is -2.18. The van der Waals surface area contributed by atoms with Crippen LogP contribution in [0.1, 0.15) is 23.6 Å². The predicted octanol–water partition coefficient (Wildman–Crippen LogP) is 3.80. The number of thioether (sulfide) groups is 1. The first-order chi connectivity index (χ1) is 7.60. The van der Waals surface area contributed by atoms with E-state index in [1.54, 1.807) is 30.8 Å². The van der Waals surface area contributed by atoms with Crippen molar-refractivity contribution in [1.82, 2.24) is 5.32 Å². The minimum Gasteiger partial charge on any atom is -0.313 e. The topological polar surface area (TPSA) is 12.0 Å². The van der Waals surface area contributed by atoms with E-state index in [1.807, 2.05) is 7.05 Å². The zero-order valence-corrected chi connectivity index (χ0v) is 11.4. The van der Waals surface area contributed by atoms with Crippen LogP contribution in [0.4, 0.5) is 4.39 Å². The number of aryl methyl sites for hydroxylation is 1. The molecule has 90 valence electrons. The van der Waals surface area contributed by atoms with Crippen molar-refractivity contribution in [3.8, 4) is 0 Å². The number of hydrogen-bond donors (Lipinski definition) is 1. The molecular weight excluding hydrogens is 245 g/mol. The minimum absolute atomic E-state index is 0.120. The lowest BCUT2D eigenvalue weighted by molar-refractivity contribution is 0.567. The van der Waals surface area contributed by atoms with Crippen LogP contribution in [-0.2, 0) is 0 Å². The summed E-state index contributed by atoms with van der Waals surface area (Å²) in [5, 5.41) is 3.81. The average molecular weight is 262 g/mol. The molecule has 0 aliphatic heterocycles. The van der Waals surface area contributed by atoms with Crippen molar-refractivity contribution in [1.29, 1.82) is 0 Å². The summed E-state index contributed by atoms with van der Waals surface area (Å²) >= 11 is 7.92. The van der Waals surface area contributed by atoms with E-state index in [1.165, 1.54) is 0 Å². The zero-order valence-electron chi connectivity index (χ0n) is 9.81. The lowest BCUT2D eigenvalue weighted by atomic mass is 10.0. The molecule has 1 rings (SSSR count). The Morgan fingerprint density at radius 1 is 1.50 bits per heavy atom. The van der Waals surface area contributed by atoms with Crippen LogP contribution in [0.2, 0.25) is 5.02 Å². The SMILES string of the molecule is CNC(CCSC)c1cc(F)c(C)cc1Cl. The van der Waals surface area contributed by atoms with Gasteiger partial charge in [0.25, 0.3) is 0 Å². The molecule has 0 heterocycles. The molecule has 0 radical (unpaired) electrons. The van der Waals surface area contributed by atoms with Crippen molar-refractivity contribution in [2.45, 2.75) is 19.4 Å². The first kappa shape index (κ1) is 13.8. The zero-order chi connectivity index (χ0) is 12.1. The summed E-state index contributed by atoms with van der Waals surface area (Å²) in [5.41, 5.74) is 1.44. The molecule has 0 fully saturated rings. The molecule has 0 saturated heterocycles. The van der Waals surface area contributed by atoms with Gasteiger partial charge in [-0.05, 0) is 55.7 Å². The van der Waals surface area contributed by atoms with E-state index in [9.17, 15) is 4.39 Å². The Bertz CT molecular complexity index is 357. The Morgan fingerprint density at radius 3 is 2.75 bits per heavy atom. The van der Waals surface area contributed by atoms with Gasteiger partial charge >= 0.3 is 0 Å². The van der Waals surface area contributed by atoms with Gasteiger partial charge in [-0.1, -0.05) is 11.6 Å². The summed E-state index contributed by atoms with van der Waals surface area (Å²) in [7, 11) is 1.87. The third kappa shape index (κ3) is 3.37. The van der Waals surface area contributed by atoms with Crippen LogP contribution in [0.5, 0.6) is 0 Å². The van der Waals surface area contributed by atoms with Crippen LogP contribution >= 0.6 is 23.4 Å². The van der Waals surface area contributed by atoms with Gasteiger partial charge in [0.2, 0.25) is 0 Å². The molecule has 0 spiro atoms. The Labute approximate surface area is 106 Å². The minimum atomic E-state index is -0.191. The fraction of sp³-hybridized carbons (Fsp3) is 0.500. The summed E-state index contributed by atoms with van der Waals surface area (Å²) in [4.78, 5) is 0. The largest absolute Gasteiger partial charge is 0.313 e. The van der Waals surface area contributed by atoms with Crippen LogP contribution in [0.25, 0.3) is 0 Å². The molecule has 0 saturated carbocycles. The second-order valence-corrected chi connectivity index (χ2v) is 5.14. The number of halogens is 2.